The highest BCUT2D eigenvalue weighted by Gasteiger charge is 2.05. The fraction of sp³-hybridized carbons (Fsp3) is 1.00. The van der Waals surface area contributed by atoms with E-state index in [9.17, 15) is 0 Å². The summed E-state index contributed by atoms with van der Waals surface area (Å²) in [7, 11) is 0. The molecular formula is C9H18O4. The van der Waals surface area contributed by atoms with Crippen molar-refractivity contribution in [3.63, 3.8) is 0 Å². The summed E-state index contributed by atoms with van der Waals surface area (Å²) in [6, 6.07) is 0. The maximum absolute atomic E-state index is 5.06. The standard InChI is InChI=1S/C5H10O2.C4H8O2/c1-5-6-3-2-4-7-5;1-2-5-4-6-3-1/h5H,2-4H2,1H3;1-4H2. The molecule has 0 saturated carbocycles. The SMILES string of the molecule is C1COCOC1.CC1OCCCO1. The third kappa shape index (κ3) is 5.99. The first-order chi connectivity index (χ1) is 6.39. The second kappa shape index (κ2) is 7.26. The lowest BCUT2D eigenvalue weighted by molar-refractivity contribution is -0.167. The Hall–Kier alpha value is -0.160. The van der Waals surface area contributed by atoms with Crippen LogP contribution in [0.25, 0.3) is 0 Å². The smallest absolute Gasteiger partial charge is 0.154 e. The van der Waals surface area contributed by atoms with Gasteiger partial charge in [-0.05, 0) is 19.8 Å². The van der Waals surface area contributed by atoms with Crippen LogP contribution in [0.2, 0.25) is 0 Å². The number of ether oxygens (including phenoxy) is 4. The quantitative estimate of drug-likeness (QED) is 0.574. The number of rotatable bonds is 0. The van der Waals surface area contributed by atoms with E-state index in [1.807, 2.05) is 6.92 Å². The first-order valence-corrected chi connectivity index (χ1v) is 4.78. The van der Waals surface area contributed by atoms with Crippen molar-refractivity contribution in [3.05, 3.63) is 0 Å². The molecule has 0 bridgehead atoms. The molecule has 2 aliphatic heterocycles. The van der Waals surface area contributed by atoms with Crippen molar-refractivity contribution < 1.29 is 18.9 Å². The first-order valence-electron chi connectivity index (χ1n) is 4.78. The zero-order valence-electron chi connectivity index (χ0n) is 8.16. The van der Waals surface area contributed by atoms with Crippen LogP contribution >= 0.6 is 0 Å². The minimum Gasteiger partial charge on any atom is -0.355 e. The average Bonchev–Trinajstić information content (AvgIpc) is 2.22. The Kier molecular flexibility index (Phi) is 6.10. The molecule has 0 aromatic rings. The van der Waals surface area contributed by atoms with E-state index in [4.69, 9.17) is 18.9 Å². The van der Waals surface area contributed by atoms with E-state index in [0.29, 0.717) is 6.79 Å². The number of hydrogen-bond donors (Lipinski definition) is 0. The third-order valence-electron chi connectivity index (χ3n) is 1.74. The van der Waals surface area contributed by atoms with Gasteiger partial charge in [0.25, 0.3) is 0 Å². The third-order valence-corrected chi connectivity index (χ3v) is 1.74. The van der Waals surface area contributed by atoms with Crippen LogP contribution in [0.3, 0.4) is 0 Å². The van der Waals surface area contributed by atoms with Gasteiger partial charge in [0.15, 0.2) is 6.29 Å². The highest BCUT2D eigenvalue weighted by atomic mass is 16.7. The molecule has 2 fully saturated rings. The van der Waals surface area contributed by atoms with E-state index in [1.165, 1.54) is 0 Å². The molecule has 0 N–H and O–H groups in total. The fourth-order valence-electron chi connectivity index (χ4n) is 1.05. The van der Waals surface area contributed by atoms with Crippen LogP contribution in [0.5, 0.6) is 0 Å². The molecule has 2 aliphatic rings. The fourth-order valence-corrected chi connectivity index (χ4v) is 1.05. The van der Waals surface area contributed by atoms with Gasteiger partial charge in [0.05, 0.1) is 26.4 Å². The Bertz CT molecular complexity index is 96.7. The molecule has 0 amide bonds. The van der Waals surface area contributed by atoms with Crippen molar-refractivity contribution in [3.8, 4) is 0 Å². The van der Waals surface area contributed by atoms with E-state index >= 15 is 0 Å². The molecule has 0 unspecified atom stereocenters. The van der Waals surface area contributed by atoms with Crippen LogP contribution in [0, 0.1) is 0 Å². The van der Waals surface area contributed by atoms with Crippen LogP contribution in [-0.4, -0.2) is 39.5 Å². The first kappa shape index (κ1) is 10.9. The zero-order valence-corrected chi connectivity index (χ0v) is 8.16. The monoisotopic (exact) mass is 190 g/mol. The lowest BCUT2D eigenvalue weighted by Gasteiger charge is -2.18. The lowest BCUT2D eigenvalue weighted by Crippen LogP contribution is -2.21. The van der Waals surface area contributed by atoms with Gasteiger partial charge in [-0.15, -0.1) is 0 Å². The maximum atomic E-state index is 5.06. The minimum absolute atomic E-state index is 0.0359. The van der Waals surface area contributed by atoms with Gasteiger partial charge in [-0.3, -0.25) is 0 Å². The van der Waals surface area contributed by atoms with E-state index in [0.717, 1.165) is 39.3 Å². The van der Waals surface area contributed by atoms with Crippen molar-refractivity contribution in [2.75, 3.05) is 33.2 Å². The normalized spacial score (nSPS) is 24.7. The molecule has 4 nitrogen and oxygen atoms in total. The highest BCUT2D eigenvalue weighted by molar-refractivity contribution is 4.42. The molecule has 2 rings (SSSR count). The molecule has 2 saturated heterocycles. The summed E-state index contributed by atoms with van der Waals surface area (Å²) in [4.78, 5) is 0. The molecule has 13 heavy (non-hydrogen) atoms. The van der Waals surface area contributed by atoms with Crippen molar-refractivity contribution in [1.29, 1.82) is 0 Å². The van der Waals surface area contributed by atoms with Crippen LogP contribution in [0.1, 0.15) is 19.8 Å². The summed E-state index contributed by atoms with van der Waals surface area (Å²) >= 11 is 0. The summed E-state index contributed by atoms with van der Waals surface area (Å²) in [5.74, 6) is 0. The van der Waals surface area contributed by atoms with Gasteiger partial charge in [-0.1, -0.05) is 0 Å². The van der Waals surface area contributed by atoms with Crippen molar-refractivity contribution >= 4 is 0 Å². The van der Waals surface area contributed by atoms with Gasteiger partial charge in [-0.2, -0.15) is 0 Å². The molecule has 4 heteroatoms. The van der Waals surface area contributed by atoms with Crippen molar-refractivity contribution in [1.82, 2.24) is 0 Å². The van der Waals surface area contributed by atoms with E-state index in [2.05, 4.69) is 0 Å². The second-order valence-electron chi connectivity index (χ2n) is 2.95. The van der Waals surface area contributed by atoms with Crippen LogP contribution in [-0.2, 0) is 18.9 Å². The van der Waals surface area contributed by atoms with Gasteiger partial charge in [0.1, 0.15) is 6.79 Å². The predicted molar refractivity (Wildman–Crippen MR) is 47.4 cm³/mol. The second-order valence-corrected chi connectivity index (χ2v) is 2.95. The summed E-state index contributed by atoms with van der Waals surface area (Å²) in [5.41, 5.74) is 0. The van der Waals surface area contributed by atoms with Gasteiger partial charge >= 0.3 is 0 Å². The molecule has 0 radical (unpaired) electrons. The Morgan fingerprint density at radius 1 is 0.846 bits per heavy atom. The largest absolute Gasteiger partial charge is 0.355 e. The van der Waals surface area contributed by atoms with Gasteiger partial charge < -0.3 is 18.9 Å². The van der Waals surface area contributed by atoms with E-state index in [1.54, 1.807) is 0 Å². The summed E-state index contributed by atoms with van der Waals surface area (Å²) < 4.78 is 19.8. The molecule has 0 aromatic heterocycles. The van der Waals surface area contributed by atoms with Crippen LogP contribution < -0.4 is 0 Å². The summed E-state index contributed by atoms with van der Waals surface area (Å²) in [6.07, 6.45) is 2.14. The van der Waals surface area contributed by atoms with Crippen LogP contribution in [0.4, 0.5) is 0 Å². The van der Waals surface area contributed by atoms with Crippen molar-refractivity contribution in [2.45, 2.75) is 26.1 Å². The molecule has 0 aromatic carbocycles. The van der Waals surface area contributed by atoms with Gasteiger partial charge in [0.2, 0.25) is 0 Å². The molecule has 0 atom stereocenters. The molecule has 78 valence electrons. The predicted octanol–water partition coefficient (Wildman–Crippen LogP) is 1.15. The van der Waals surface area contributed by atoms with Gasteiger partial charge in [-0.25, -0.2) is 0 Å². The number of hydrogen-bond acceptors (Lipinski definition) is 4. The van der Waals surface area contributed by atoms with Crippen LogP contribution in [0.15, 0.2) is 0 Å². The zero-order chi connectivity index (χ0) is 9.36. The summed E-state index contributed by atoms with van der Waals surface area (Å²) in [6.45, 7) is 5.89. The van der Waals surface area contributed by atoms with Crippen molar-refractivity contribution in [2.24, 2.45) is 0 Å². The Morgan fingerprint density at radius 3 is 1.62 bits per heavy atom. The summed E-state index contributed by atoms with van der Waals surface area (Å²) in [5, 5.41) is 0. The maximum Gasteiger partial charge on any atom is 0.154 e. The minimum atomic E-state index is 0.0359. The lowest BCUT2D eigenvalue weighted by atomic mass is 10.4. The van der Waals surface area contributed by atoms with E-state index in [-0.39, 0.29) is 6.29 Å². The topological polar surface area (TPSA) is 36.9 Å². The molecule has 2 heterocycles. The van der Waals surface area contributed by atoms with Gasteiger partial charge in [0, 0.05) is 0 Å². The highest BCUT2D eigenvalue weighted by Crippen LogP contribution is 2.01. The Labute approximate surface area is 79.1 Å². The van der Waals surface area contributed by atoms with E-state index < -0.39 is 0 Å². The molecule has 0 spiro atoms. The molecule has 0 aliphatic carbocycles. The Morgan fingerprint density at radius 2 is 1.38 bits per heavy atom. The molecular weight excluding hydrogens is 172 g/mol. The average molecular weight is 190 g/mol. The Balaban J connectivity index is 0.000000132.